The van der Waals surface area contributed by atoms with Gasteiger partial charge >= 0.3 is 0 Å². The van der Waals surface area contributed by atoms with E-state index in [0.717, 1.165) is 61.5 Å². The zero-order valence-electron chi connectivity index (χ0n) is 13.7. The number of nitrogens with one attached hydrogen (secondary N) is 2. The number of rotatable bonds is 5. The van der Waals surface area contributed by atoms with E-state index in [2.05, 4.69) is 32.7 Å². The van der Waals surface area contributed by atoms with Crippen molar-refractivity contribution < 1.29 is 4.42 Å². The minimum Gasteiger partial charge on any atom is -0.445 e. The molecule has 2 aromatic heterocycles. The number of aromatic nitrogens is 1. The summed E-state index contributed by atoms with van der Waals surface area (Å²) in [6.45, 7) is 6.37. The molecule has 0 spiro atoms. The molecule has 1 aliphatic rings. The summed E-state index contributed by atoms with van der Waals surface area (Å²) >= 11 is 0. The molecule has 2 N–H and O–H groups in total. The first-order chi connectivity index (χ1) is 11.9. The molecule has 0 saturated carbocycles. The van der Waals surface area contributed by atoms with Gasteiger partial charge in [-0.3, -0.25) is 4.90 Å². The molecule has 3 aromatic rings. The third kappa shape index (κ3) is 3.13. The second-order valence-corrected chi connectivity index (χ2v) is 6.07. The van der Waals surface area contributed by atoms with Gasteiger partial charge in [-0.15, -0.1) is 0 Å². The van der Waals surface area contributed by atoms with Crippen molar-refractivity contribution in [1.29, 1.82) is 0 Å². The maximum absolute atomic E-state index is 5.67. The van der Waals surface area contributed by atoms with Gasteiger partial charge in [0.15, 0.2) is 0 Å². The highest BCUT2D eigenvalue weighted by atomic mass is 16.3. The van der Waals surface area contributed by atoms with E-state index in [-0.39, 0.29) is 0 Å². The Kier molecular flexibility index (Phi) is 4.44. The number of hydrogen-bond acceptors (Lipinski definition) is 5. The molecule has 3 heterocycles. The third-order valence-corrected chi connectivity index (χ3v) is 4.51. The van der Waals surface area contributed by atoms with Crippen LogP contribution >= 0.6 is 0 Å². The fourth-order valence-electron chi connectivity index (χ4n) is 3.23. The summed E-state index contributed by atoms with van der Waals surface area (Å²) in [5.41, 5.74) is 4.00. The fourth-order valence-corrected chi connectivity index (χ4v) is 3.23. The Morgan fingerprint density at radius 1 is 1.12 bits per heavy atom. The second kappa shape index (κ2) is 7.03. The molecule has 1 saturated heterocycles. The minimum absolute atomic E-state index is 0.682. The van der Waals surface area contributed by atoms with Gasteiger partial charge in [-0.05, 0) is 11.6 Å². The largest absolute Gasteiger partial charge is 0.445 e. The Morgan fingerprint density at radius 2 is 1.96 bits per heavy atom. The van der Waals surface area contributed by atoms with Gasteiger partial charge in [0, 0.05) is 56.7 Å². The van der Waals surface area contributed by atoms with Crippen molar-refractivity contribution >= 4 is 16.8 Å². The smallest absolute Gasteiger partial charge is 0.228 e. The molecule has 0 unspecified atom stereocenters. The predicted octanol–water partition coefficient (Wildman–Crippen LogP) is 2.81. The highest BCUT2D eigenvalue weighted by Gasteiger charge is 2.14. The van der Waals surface area contributed by atoms with Crippen LogP contribution in [0.1, 0.15) is 0 Å². The van der Waals surface area contributed by atoms with E-state index in [4.69, 9.17) is 4.42 Å². The van der Waals surface area contributed by atoms with Crippen LogP contribution in [0.5, 0.6) is 0 Å². The van der Waals surface area contributed by atoms with Crippen LogP contribution in [0.4, 0.5) is 5.69 Å². The van der Waals surface area contributed by atoms with Crippen molar-refractivity contribution in [1.82, 2.24) is 15.2 Å². The van der Waals surface area contributed by atoms with Gasteiger partial charge in [0.05, 0.1) is 5.39 Å². The lowest BCUT2D eigenvalue weighted by molar-refractivity contribution is 0.249. The first kappa shape index (κ1) is 15.2. The van der Waals surface area contributed by atoms with Crippen LogP contribution < -0.4 is 10.6 Å². The Bertz CT molecular complexity index is 793. The number of hydrogen-bond donors (Lipinski definition) is 2. The van der Waals surface area contributed by atoms with E-state index in [1.807, 2.05) is 24.3 Å². The van der Waals surface area contributed by atoms with Crippen LogP contribution in [0.25, 0.3) is 22.2 Å². The summed E-state index contributed by atoms with van der Waals surface area (Å²) in [6, 6.07) is 12.3. The molecular formula is C19H22N4O. The average Bonchev–Trinajstić information content (AvgIpc) is 3.08. The SMILES string of the molecule is c1ccc(-c2coc3nccc(NCCN4CCNCC4)c23)cc1. The first-order valence-electron chi connectivity index (χ1n) is 8.50. The number of nitrogens with zero attached hydrogens (tertiary/aromatic N) is 2. The molecular weight excluding hydrogens is 300 g/mol. The molecule has 24 heavy (non-hydrogen) atoms. The van der Waals surface area contributed by atoms with Crippen molar-refractivity contribution in [3.8, 4) is 11.1 Å². The molecule has 5 nitrogen and oxygen atoms in total. The number of pyridine rings is 1. The molecule has 1 aromatic carbocycles. The molecule has 1 aliphatic heterocycles. The van der Waals surface area contributed by atoms with Crippen LogP contribution in [0.15, 0.2) is 53.3 Å². The summed E-state index contributed by atoms with van der Waals surface area (Å²) in [6.07, 6.45) is 3.60. The monoisotopic (exact) mass is 322 g/mol. The third-order valence-electron chi connectivity index (χ3n) is 4.51. The van der Waals surface area contributed by atoms with Gasteiger partial charge in [-0.1, -0.05) is 30.3 Å². The number of piperazine rings is 1. The van der Waals surface area contributed by atoms with E-state index in [0.29, 0.717) is 5.71 Å². The first-order valence-corrected chi connectivity index (χ1v) is 8.50. The fraction of sp³-hybridized carbons (Fsp3) is 0.316. The summed E-state index contributed by atoms with van der Waals surface area (Å²) in [4.78, 5) is 6.84. The van der Waals surface area contributed by atoms with E-state index < -0.39 is 0 Å². The van der Waals surface area contributed by atoms with Gasteiger partial charge in [-0.25, -0.2) is 4.98 Å². The van der Waals surface area contributed by atoms with Gasteiger partial charge < -0.3 is 15.1 Å². The van der Waals surface area contributed by atoms with Gasteiger partial charge in [0.1, 0.15) is 6.26 Å². The Morgan fingerprint density at radius 3 is 2.79 bits per heavy atom. The van der Waals surface area contributed by atoms with Crippen molar-refractivity contribution in [2.45, 2.75) is 0 Å². The Balaban J connectivity index is 1.55. The predicted molar refractivity (Wildman–Crippen MR) is 97.2 cm³/mol. The molecule has 4 rings (SSSR count). The minimum atomic E-state index is 0.682. The lowest BCUT2D eigenvalue weighted by atomic mass is 10.1. The van der Waals surface area contributed by atoms with E-state index >= 15 is 0 Å². The highest BCUT2D eigenvalue weighted by molar-refractivity contribution is 6.00. The summed E-state index contributed by atoms with van der Waals surface area (Å²) in [7, 11) is 0. The zero-order chi connectivity index (χ0) is 16.2. The van der Waals surface area contributed by atoms with Gasteiger partial charge in [0.2, 0.25) is 5.71 Å². The summed E-state index contributed by atoms with van der Waals surface area (Å²) < 4.78 is 5.67. The van der Waals surface area contributed by atoms with E-state index in [1.165, 1.54) is 0 Å². The van der Waals surface area contributed by atoms with Crippen LogP contribution in [0.2, 0.25) is 0 Å². The van der Waals surface area contributed by atoms with E-state index in [9.17, 15) is 0 Å². The van der Waals surface area contributed by atoms with Crippen molar-refractivity contribution in [3.63, 3.8) is 0 Å². The number of benzene rings is 1. The van der Waals surface area contributed by atoms with E-state index in [1.54, 1.807) is 12.5 Å². The quantitative estimate of drug-likeness (QED) is 0.756. The van der Waals surface area contributed by atoms with Crippen molar-refractivity contribution in [3.05, 3.63) is 48.9 Å². The Labute approximate surface area is 141 Å². The van der Waals surface area contributed by atoms with Crippen LogP contribution in [0.3, 0.4) is 0 Å². The number of furan rings is 1. The number of anilines is 1. The molecule has 0 radical (unpaired) electrons. The van der Waals surface area contributed by atoms with Crippen molar-refractivity contribution in [2.75, 3.05) is 44.6 Å². The molecule has 124 valence electrons. The van der Waals surface area contributed by atoms with Gasteiger partial charge in [-0.2, -0.15) is 0 Å². The van der Waals surface area contributed by atoms with Crippen molar-refractivity contribution in [2.24, 2.45) is 0 Å². The van der Waals surface area contributed by atoms with Gasteiger partial charge in [0.25, 0.3) is 0 Å². The average molecular weight is 322 g/mol. The molecule has 0 atom stereocenters. The molecule has 5 heteroatoms. The molecule has 0 amide bonds. The molecule has 1 fully saturated rings. The molecule has 0 bridgehead atoms. The zero-order valence-corrected chi connectivity index (χ0v) is 13.7. The van der Waals surface area contributed by atoms with Crippen LogP contribution in [-0.4, -0.2) is 49.2 Å². The summed E-state index contributed by atoms with van der Waals surface area (Å²) in [5.74, 6) is 0. The topological polar surface area (TPSA) is 53.3 Å². The maximum Gasteiger partial charge on any atom is 0.228 e. The summed E-state index contributed by atoms with van der Waals surface area (Å²) in [5, 5.41) is 8.01. The lowest BCUT2D eigenvalue weighted by Crippen LogP contribution is -2.45. The highest BCUT2D eigenvalue weighted by Crippen LogP contribution is 2.34. The maximum atomic E-state index is 5.67. The normalized spacial score (nSPS) is 15.7. The lowest BCUT2D eigenvalue weighted by Gasteiger charge is -2.27. The number of fused-ring (bicyclic) bond motifs is 1. The van der Waals surface area contributed by atoms with Crippen LogP contribution in [-0.2, 0) is 0 Å². The van der Waals surface area contributed by atoms with Crippen LogP contribution in [0, 0.1) is 0 Å². The Hall–Kier alpha value is -2.37. The standard InChI is InChI=1S/C19H22N4O/c1-2-4-15(5-3-1)16-14-24-19-18(16)17(6-7-22-19)21-10-13-23-11-8-20-9-12-23/h1-7,14,20H,8-13H2,(H,21,22). The molecule has 0 aliphatic carbocycles. The second-order valence-electron chi connectivity index (χ2n) is 6.07.